The topological polar surface area (TPSA) is 72.6 Å². The first-order valence-corrected chi connectivity index (χ1v) is 8.46. The van der Waals surface area contributed by atoms with Gasteiger partial charge in [0, 0.05) is 32.5 Å². The van der Waals surface area contributed by atoms with E-state index in [-0.39, 0.29) is 4.90 Å². The lowest BCUT2D eigenvalue weighted by molar-refractivity contribution is 0.192. The Morgan fingerprint density at radius 1 is 1.30 bits per heavy atom. The van der Waals surface area contributed by atoms with Crippen LogP contribution >= 0.6 is 0 Å². The van der Waals surface area contributed by atoms with Crippen LogP contribution < -0.4 is 10.0 Å². The number of hydrogen-bond acceptors (Lipinski definition) is 4. The average molecular weight is 298 g/mol. The van der Waals surface area contributed by atoms with Gasteiger partial charge in [-0.2, -0.15) is 0 Å². The zero-order valence-corrected chi connectivity index (χ0v) is 12.7. The van der Waals surface area contributed by atoms with E-state index in [0.717, 1.165) is 56.6 Å². The normalized spacial score (nSPS) is 14.6. The molecule has 6 heteroatoms. The number of fused-ring (bicyclic) bond motifs is 1. The van der Waals surface area contributed by atoms with E-state index in [9.17, 15) is 8.42 Å². The highest BCUT2D eigenvalue weighted by Crippen LogP contribution is 2.30. The summed E-state index contributed by atoms with van der Waals surface area (Å²) in [4.78, 5) is 2.52. The fraction of sp³-hybridized carbons (Fsp3) is 0.571. The fourth-order valence-corrected chi connectivity index (χ4v) is 3.15. The molecule has 0 spiro atoms. The SMILES string of the molecule is COCCCCCN1CCc2cc(S(N)(=O)=O)ccc21. The zero-order chi connectivity index (χ0) is 14.6. The van der Waals surface area contributed by atoms with Crippen molar-refractivity contribution in [2.45, 2.75) is 30.6 Å². The van der Waals surface area contributed by atoms with Crippen LogP contribution in [0.4, 0.5) is 5.69 Å². The van der Waals surface area contributed by atoms with Crippen LogP contribution in [0.2, 0.25) is 0 Å². The van der Waals surface area contributed by atoms with Gasteiger partial charge in [-0.15, -0.1) is 0 Å². The number of anilines is 1. The Hall–Kier alpha value is -1.11. The van der Waals surface area contributed by atoms with Crippen LogP contribution in [0.25, 0.3) is 0 Å². The van der Waals surface area contributed by atoms with Crippen molar-refractivity contribution in [1.82, 2.24) is 0 Å². The summed E-state index contributed by atoms with van der Waals surface area (Å²) >= 11 is 0. The summed E-state index contributed by atoms with van der Waals surface area (Å²) in [7, 11) is -1.88. The molecule has 1 heterocycles. The maximum absolute atomic E-state index is 11.3. The molecule has 0 bridgehead atoms. The van der Waals surface area contributed by atoms with E-state index in [2.05, 4.69) is 4.90 Å². The van der Waals surface area contributed by atoms with Gasteiger partial charge in [0.2, 0.25) is 10.0 Å². The summed E-state index contributed by atoms with van der Waals surface area (Å²) in [5.41, 5.74) is 2.22. The Balaban J connectivity index is 1.96. The lowest BCUT2D eigenvalue weighted by Gasteiger charge is -2.19. The maximum atomic E-state index is 11.3. The van der Waals surface area contributed by atoms with Crippen molar-refractivity contribution in [2.24, 2.45) is 5.14 Å². The smallest absolute Gasteiger partial charge is 0.238 e. The van der Waals surface area contributed by atoms with Gasteiger partial charge >= 0.3 is 0 Å². The highest BCUT2D eigenvalue weighted by molar-refractivity contribution is 7.89. The number of nitrogens with two attached hydrogens (primary N) is 1. The molecule has 0 amide bonds. The van der Waals surface area contributed by atoms with E-state index >= 15 is 0 Å². The van der Waals surface area contributed by atoms with Crippen molar-refractivity contribution in [3.63, 3.8) is 0 Å². The second-order valence-electron chi connectivity index (χ2n) is 5.13. The molecule has 0 aromatic heterocycles. The zero-order valence-electron chi connectivity index (χ0n) is 11.8. The molecule has 5 nitrogen and oxygen atoms in total. The molecule has 20 heavy (non-hydrogen) atoms. The minimum absolute atomic E-state index is 0.207. The Kier molecular flexibility index (Phi) is 5.01. The van der Waals surface area contributed by atoms with Crippen LogP contribution in [0, 0.1) is 0 Å². The molecule has 2 N–H and O–H groups in total. The Bertz CT molecular complexity index is 558. The van der Waals surface area contributed by atoms with Crippen LogP contribution in [0.5, 0.6) is 0 Å². The number of primary sulfonamides is 1. The molecule has 0 fully saturated rings. The molecular weight excluding hydrogens is 276 g/mol. The summed E-state index contributed by atoms with van der Waals surface area (Å²) in [5, 5.41) is 5.16. The van der Waals surface area contributed by atoms with Crippen molar-refractivity contribution >= 4 is 15.7 Å². The van der Waals surface area contributed by atoms with Gasteiger partial charge in [0.1, 0.15) is 0 Å². The van der Waals surface area contributed by atoms with Crippen molar-refractivity contribution in [3.8, 4) is 0 Å². The number of ether oxygens (including phenoxy) is 1. The third kappa shape index (κ3) is 3.71. The van der Waals surface area contributed by atoms with E-state index in [4.69, 9.17) is 9.88 Å². The van der Waals surface area contributed by atoms with Gasteiger partial charge in [-0.05, 0) is 49.4 Å². The Morgan fingerprint density at radius 3 is 2.80 bits per heavy atom. The minimum Gasteiger partial charge on any atom is -0.385 e. The van der Waals surface area contributed by atoms with Crippen molar-refractivity contribution in [1.29, 1.82) is 0 Å². The van der Waals surface area contributed by atoms with Crippen molar-refractivity contribution in [2.75, 3.05) is 31.7 Å². The molecule has 112 valence electrons. The summed E-state index contributed by atoms with van der Waals surface area (Å²) < 4.78 is 27.7. The van der Waals surface area contributed by atoms with Crippen LogP contribution in [0.3, 0.4) is 0 Å². The third-order valence-corrected chi connectivity index (χ3v) is 4.56. The highest BCUT2D eigenvalue weighted by atomic mass is 32.2. The predicted molar refractivity (Wildman–Crippen MR) is 79.5 cm³/mol. The molecule has 2 rings (SSSR count). The largest absolute Gasteiger partial charge is 0.385 e. The van der Waals surface area contributed by atoms with Crippen molar-refractivity contribution < 1.29 is 13.2 Å². The van der Waals surface area contributed by atoms with Crippen LogP contribution in [-0.4, -0.2) is 35.2 Å². The van der Waals surface area contributed by atoms with E-state index in [1.54, 1.807) is 19.2 Å². The standard InChI is InChI=1S/C14H22N2O3S/c1-19-10-4-2-3-8-16-9-7-12-11-13(20(15,17)18)5-6-14(12)16/h5-6,11H,2-4,7-10H2,1H3,(H2,15,17,18). The van der Waals surface area contributed by atoms with Gasteiger partial charge in [-0.25, -0.2) is 13.6 Å². The molecular formula is C14H22N2O3S. The molecule has 1 aliphatic heterocycles. The lowest BCUT2D eigenvalue weighted by Crippen LogP contribution is -2.21. The summed E-state index contributed by atoms with van der Waals surface area (Å²) in [6, 6.07) is 5.17. The second kappa shape index (κ2) is 6.56. The Morgan fingerprint density at radius 2 is 2.10 bits per heavy atom. The highest BCUT2D eigenvalue weighted by Gasteiger charge is 2.20. The van der Waals surface area contributed by atoms with E-state index in [1.807, 2.05) is 6.07 Å². The first kappa shape index (κ1) is 15.3. The summed E-state index contributed by atoms with van der Waals surface area (Å²) in [5.74, 6) is 0. The monoisotopic (exact) mass is 298 g/mol. The van der Waals surface area contributed by atoms with Gasteiger partial charge in [0.15, 0.2) is 0 Å². The number of sulfonamides is 1. The molecule has 0 saturated carbocycles. The van der Waals surface area contributed by atoms with Crippen LogP contribution in [0.15, 0.2) is 23.1 Å². The number of nitrogens with zero attached hydrogens (tertiary/aromatic N) is 1. The summed E-state index contributed by atoms with van der Waals surface area (Å²) in [6.45, 7) is 2.77. The number of unbranched alkanes of at least 4 members (excludes halogenated alkanes) is 2. The quantitative estimate of drug-likeness (QED) is 0.775. The molecule has 1 aromatic rings. The molecule has 0 atom stereocenters. The van der Waals surface area contributed by atoms with E-state index in [1.165, 1.54) is 0 Å². The number of methoxy groups -OCH3 is 1. The number of hydrogen-bond donors (Lipinski definition) is 1. The van der Waals surface area contributed by atoms with Gasteiger partial charge in [0.05, 0.1) is 4.90 Å². The second-order valence-corrected chi connectivity index (χ2v) is 6.69. The average Bonchev–Trinajstić information content (AvgIpc) is 2.80. The number of benzene rings is 1. The minimum atomic E-state index is -3.60. The van der Waals surface area contributed by atoms with Crippen molar-refractivity contribution in [3.05, 3.63) is 23.8 Å². The summed E-state index contributed by atoms with van der Waals surface area (Å²) in [6.07, 6.45) is 4.24. The lowest BCUT2D eigenvalue weighted by atomic mass is 10.2. The van der Waals surface area contributed by atoms with Gasteiger partial charge in [-0.1, -0.05) is 0 Å². The van der Waals surface area contributed by atoms with Gasteiger partial charge in [0.25, 0.3) is 0 Å². The Labute approximate surface area is 120 Å². The molecule has 0 unspecified atom stereocenters. The molecule has 1 aliphatic rings. The molecule has 1 aromatic carbocycles. The van der Waals surface area contributed by atoms with Gasteiger partial charge < -0.3 is 9.64 Å². The first-order chi connectivity index (χ1) is 9.52. The molecule has 0 radical (unpaired) electrons. The van der Waals surface area contributed by atoms with E-state index in [0.29, 0.717) is 0 Å². The molecule has 0 saturated heterocycles. The third-order valence-electron chi connectivity index (χ3n) is 3.65. The fourth-order valence-electron chi connectivity index (χ4n) is 2.58. The predicted octanol–water partition coefficient (Wildman–Crippen LogP) is 1.51. The van der Waals surface area contributed by atoms with Crippen LogP contribution in [0.1, 0.15) is 24.8 Å². The van der Waals surface area contributed by atoms with Crippen LogP contribution in [-0.2, 0) is 21.2 Å². The van der Waals surface area contributed by atoms with E-state index < -0.39 is 10.0 Å². The van der Waals surface area contributed by atoms with Gasteiger partial charge in [-0.3, -0.25) is 0 Å². The first-order valence-electron chi connectivity index (χ1n) is 6.92. The maximum Gasteiger partial charge on any atom is 0.238 e. The molecule has 0 aliphatic carbocycles. The number of rotatable bonds is 7.